The van der Waals surface area contributed by atoms with Gasteiger partial charge in [-0.2, -0.15) is 13.2 Å². The molecule has 42 heavy (non-hydrogen) atoms. The molecule has 8 nitrogen and oxygen atoms in total. The van der Waals surface area contributed by atoms with Gasteiger partial charge in [0, 0.05) is 45.2 Å². The Bertz CT molecular complexity index is 1290. The van der Waals surface area contributed by atoms with E-state index < -0.39 is 11.7 Å². The number of ether oxygens (including phenoxy) is 1. The fraction of sp³-hybridized carbons (Fsp3) is 0.774. The third-order valence-electron chi connectivity index (χ3n) is 10.6. The second-order valence-electron chi connectivity index (χ2n) is 13.7. The van der Waals surface area contributed by atoms with E-state index in [0.29, 0.717) is 41.7 Å². The summed E-state index contributed by atoms with van der Waals surface area (Å²) >= 11 is 0. The first-order chi connectivity index (χ1) is 20.1. The Morgan fingerprint density at radius 2 is 1.90 bits per heavy atom. The fourth-order valence-electron chi connectivity index (χ4n) is 8.58. The lowest BCUT2D eigenvalue weighted by atomic mass is 9.61. The van der Waals surface area contributed by atoms with Gasteiger partial charge in [0.05, 0.1) is 23.9 Å². The monoisotopic (exact) mass is 592 g/mol. The highest BCUT2D eigenvalue weighted by atomic mass is 19.4. The smallest absolute Gasteiger partial charge is 0.384 e. The molecule has 2 saturated heterocycles. The molecule has 5 atom stereocenters. The van der Waals surface area contributed by atoms with E-state index in [4.69, 9.17) is 4.74 Å². The SMILES string of the molecule is COCC1CC([C@H](C2CCCC(n3cc4c(C(F)(F)F)cc(CN5CCC[C@H](C)C5)cn4c3=O)C2)C2NNCN2C)C1. The number of nitrogens with one attached hydrogen (secondary N) is 2. The molecule has 4 fully saturated rings. The van der Waals surface area contributed by atoms with Crippen molar-refractivity contribution in [1.29, 1.82) is 0 Å². The van der Waals surface area contributed by atoms with Gasteiger partial charge in [-0.25, -0.2) is 15.6 Å². The summed E-state index contributed by atoms with van der Waals surface area (Å²) in [6.07, 6.45) is 6.91. The summed E-state index contributed by atoms with van der Waals surface area (Å²) in [5, 5.41) is 0. The van der Waals surface area contributed by atoms with Gasteiger partial charge in [-0.05, 0) is 99.8 Å². The summed E-state index contributed by atoms with van der Waals surface area (Å²) in [6.45, 7) is 5.91. The van der Waals surface area contributed by atoms with E-state index in [0.717, 1.165) is 77.7 Å². The third-order valence-corrected chi connectivity index (χ3v) is 10.6. The number of aromatic nitrogens is 2. The molecule has 11 heteroatoms. The number of fused-ring (bicyclic) bond motifs is 1. The van der Waals surface area contributed by atoms with Gasteiger partial charge in [0.2, 0.25) is 0 Å². The number of methoxy groups -OCH3 is 1. The molecular weight excluding hydrogens is 545 g/mol. The van der Waals surface area contributed by atoms with Crippen LogP contribution in [0.1, 0.15) is 75.5 Å². The molecule has 4 heterocycles. The summed E-state index contributed by atoms with van der Waals surface area (Å²) in [6, 6.07) is 1.15. The van der Waals surface area contributed by atoms with Gasteiger partial charge >= 0.3 is 11.9 Å². The van der Waals surface area contributed by atoms with Gasteiger partial charge in [0.25, 0.3) is 0 Å². The summed E-state index contributed by atoms with van der Waals surface area (Å²) < 4.78 is 51.4. The molecule has 0 radical (unpaired) electrons. The molecule has 0 amide bonds. The number of likely N-dealkylation sites (tertiary alicyclic amines) is 1. The van der Waals surface area contributed by atoms with Gasteiger partial charge in [-0.3, -0.25) is 18.8 Å². The van der Waals surface area contributed by atoms with Crippen molar-refractivity contribution in [2.75, 3.05) is 40.5 Å². The van der Waals surface area contributed by atoms with E-state index in [-0.39, 0.29) is 23.4 Å². The Morgan fingerprint density at radius 1 is 1.10 bits per heavy atom. The van der Waals surface area contributed by atoms with Crippen LogP contribution in [0, 0.1) is 29.6 Å². The van der Waals surface area contributed by atoms with Crippen molar-refractivity contribution < 1.29 is 17.9 Å². The van der Waals surface area contributed by atoms with E-state index in [1.165, 1.54) is 16.7 Å². The Kier molecular flexibility index (Phi) is 8.77. The van der Waals surface area contributed by atoms with Crippen LogP contribution in [0.15, 0.2) is 23.3 Å². The molecule has 0 aromatic carbocycles. The van der Waals surface area contributed by atoms with Crippen molar-refractivity contribution in [2.24, 2.45) is 29.6 Å². The zero-order valence-corrected chi connectivity index (χ0v) is 25.2. The predicted octanol–water partition coefficient (Wildman–Crippen LogP) is 4.70. The maximum Gasteiger partial charge on any atom is 0.418 e. The van der Waals surface area contributed by atoms with Crippen molar-refractivity contribution in [3.8, 4) is 0 Å². The number of halogens is 3. The van der Waals surface area contributed by atoms with Crippen LogP contribution in [-0.4, -0.2) is 65.5 Å². The van der Waals surface area contributed by atoms with Gasteiger partial charge in [-0.1, -0.05) is 13.3 Å². The van der Waals surface area contributed by atoms with E-state index >= 15 is 0 Å². The first-order valence-corrected chi connectivity index (χ1v) is 15.9. The number of rotatable bonds is 8. The Hall–Kier alpha value is -1.92. The minimum Gasteiger partial charge on any atom is -0.384 e. The highest BCUT2D eigenvalue weighted by molar-refractivity contribution is 5.56. The zero-order valence-electron chi connectivity index (χ0n) is 25.2. The summed E-state index contributed by atoms with van der Waals surface area (Å²) in [5.74, 6) is 2.46. The Morgan fingerprint density at radius 3 is 2.60 bits per heavy atom. The standard InChI is InChI=1S/C31H47F3N6O2/c1-20-6-5-9-38(14-20)15-22-12-26(31(32,33)34)27-17-39(30(41)40(27)16-22)25-8-4-7-23(13-25)28(29-36-35-19-37(29)2)24-10-21(11-24)18-42-3/h12,16-17,20-21,23-25,28-29,35-36H,4-11,13-15,18-19H2,1-3H3/t20-,21?,23?,24?,25?,28-,29?/m0/s1. The highest BCUT2D eigenvalue weighted by Crippen LogP contribution is 2.49. The second kappa shape index (κ2) is 12.2. The number of piperidine rings is 1. The molecule has 6 rings (SSSR count). The van der Waals surface area contributed by atoms with E-state index in [2.05, 4.69) is 34.6 Å². The molecule has 2 aromatic heterocycles. The molecule has 4 aliphatic rings. The van der Waals surface area contributed by atoms with Crippen molar-refractivity contribution in [3.63, 3.8) is 0 Å². The van der Waals surface area contributed by atoms with Gasteiger partial charge in [-0.15, -0.1) is 0 Å². The quantitative estimate of drug-likeness (QED) is 0.464. The van der Waals surface area contributed by atoms with Crippen LogP contribution in [0.4, 0.5) is 13.2 Å². The fourth-order valence-corrected chi connectivity index (χ4v) is 8.58. The molecule has 2 aliphatic heterocycles. The van der Waals surface area contributed by atoms with Crippen LogP contribution in [0.3, 0.4) is 0 Å². The Balaban J connectivity index is 1.28. The van der Waals surface area contributed by atoms with Crippen molar-refractivity contribution in [3.05, 3.63) is 40.1 Å². The molecule has 2 saturated carbocycles. The second-order valence-corrected chi connectivity index (χ2v) is 13.7. The number of alkyl halides is 3. The maximum atomic E-state index is 14.4. The first kappa shape index (κ1) is 30.1. The van der Waals surface area contributed by atoms with E-state index in [9.17, 15) is 18.0 Å². The van der Waals surface area contributed by atoms with Crippen molar-refractivity contribution in [2.45, 2.75) is 83.2 Å². The molecule has 2 aromatic rings. The number of imidazole rings is 1. The van der Waals surface area contributed by atoms with Crippen LogP contribution >= 0.6 is 0 Å². The summed E-state index contributed by atoms with van der Waals surface area (Å²) in [7, 11) is 3.88. The lowest BCUT2D eigenvalue weighted by Crippen LogP contribution is -2.51. The number of hydrogen-bond acceptors (Lipinski definition) is 6. The summed E-state index contributed by atoms with van der Waals surface area (Å²) in [4.78, 5) is 18.3. The molecule has 234 valence electrons. The molecule has 0 spiro atoms. The lowest BCUT2D eigenvalue weighted by Gasteiger charge is -2.48. The molecule has 3 unspecified atom stereocenters. The number of pyridine rings is 1. The average Bonchev–Trinajstić information content (AvgIpc) is 3.49. The van der Waals surface area contributed by atoms with Crippen LogP contribution < -0.4 is 16.5 Å². The topological polar surface area (TPSA) is 66.2 Å². The third kappa shape index (κ3) is 6.04. The van der Waals surface area contributed by atoms with Gasteiger partial charge < -0.3 is 4.74 Å². The van der Waals surface area contributed by atoms with Crippen molar-refractivity contribution >= 4 is 5.52 Å². The van der Waals surface area contributed by atoms with Crippen LogP contribution in [0.25, 0.3) is 5.52 Å². The van der Waals surface area contributed by atoms with Crippen LogP contribution in [-0.2, 0) is 17.5 Å². The Labute approximate surface area is 246 Å². The minimum absolute atomic E-state index is 0.0373. The van der Waals surface area contributed by atoms with Gasteiger partial charge in [0.1, 0.15) is 0 Å². The van der Waals surface area contributed by atoms with E-state index in [1.807, 2.05) is 0 Å². The van der Waals surface area contributed by atoms with Crippen LogP contribution in [0.2, 0.25) is 0 Å². The highest BCUT2D eigenvalue weighted by Gasteiger charge is 2.46. The van der Waals surface area contributed by atoms with Crippen LogP contribution in [0.5, 0.6) is 0 Å². The van der Waals surface area contributed by atoms with Crippen molar-refractivity contribution in [1.82, 2.24) is 29.6 Å². The lowest BCUT2D eigenvalue weighted by molar-refractivity contribution is -0.136. The first-order valence-electron chi connectivity index (χ1n) is 15.9. The molecule has 2 N–H and O–H groups in total. The minimum atomic E-state index is -4.54. The zero-order chi connectivity index (χ0) is 29.6. The molecule has 2 aliphatic carbocycles. The summed E-state index contributed by atoms with van der Waals surface area (Å²) in [5.41, 5.74) is 6.23. The predicted molar refractivity (Wildman–Crippen MR) is 156 cm³/mol. The number of nitrogens with zero attached hydrogens (tertiary/aromatic N) is 4. The largest absolute Gasteiger partial charge is 0.418 e. The average molecular weight is 593 g/mol. The van der Waals surface area contributed by atoms with Gasteiger partial charge in [0.15, 0.2) is 0 Å². The normalized spacial score (nSPS) is 32.3. The maximum absolute atomic E-state index is 14.4. The number of hydrogen-bond donors (Lipinski definition) is 2. The molecular formula is C31H47F3N6O2. The molecule has 0 bridgehead atoms. The number of hydrazine groups is 1. The van der Waals surface area contributed by atoms with E-state index in [1.54, 1.807) is 17.9 Å².